The first-order valence-corrected chi connectivity index (χ1v) is 8.12. The third-order valence-electron chi connectivity index (χ3n) is 3.07. The summed E-state index contributed by atoms with van der Waals surface area (Å²) in [7, 11) is 0. The van der Waals surface area contributed by atoms with Crippen molar-refractivity contribution < 1.29 is 4.52 Å². The molecule has 0 aromatic carbocycles. The summed E-state index contributed by atoms with van der Waals surface area (Å²) in [5, 5.41) is 7.50. The number of rotatable bonds is 4. The van der Waals surface area contributed by atoms with Crippen molar-refractivity contribution in [3.63, 3.8) is 0 Å². The molecule has 1 fully saturated rings. The molecule has 2 N–H and O–H groups in total. The Morgan fingerprint density at radius 2 is 2.25 bits per heavy atom. The van der Waals surface area contributed by atoms with E-state index in [4.69, 9.17) is 10.3 Å². The lowest BCUT2D eigenvalue weighted by molar-refractivity contribution is 0.375. The van der Waals surface area contributed by atoms with Gasteiger partial charge in [0.2, 0.25) is 5.89 Å². The molecule has 1 saturated carbocycles. The van der Waals surface area contributed by atoms with Gasteiger partial charge in [0.25, 0.3) is 0 Å². The van der Waals surface area contributed by atoms with Gasteiger partial charge in [0, 0.05) is 5.92 Å². The monoisotopic (exact) mass is 305 g/mol. The van der Waals surface area contributed by atoms with Gasteiger partial charge in [0.05, 0.1) is 11.1 Å². The Labute approximate surface area is 122 Å². The molecule has 0 bridgehead atoms. The van der Waals surface area contributed by atoms with E-state index in [1.165, 1.54) is 11.8 Å². The zero-order valence-electron chi connectivity index (χ0n) is 10.4. The molecule has 0 spiro atoms. The summed E-state index contributed by atoms with van der Waals surface area (Å²) >= 11 is 3.03. The number of nitrogens with zero attached hydrogens (tertiary/aromatic N) is 4. The van der Waals surface area contributed by atoms with Gasteiger partial charge in [-0.15, -0.1) is 11.3 Å². The lowest BCUT2D eigenvalue weighted by Crippen LogP contribution is -1.95. The molecule has 0 atom stereocenters. The molecule has 4 rings (SSSR count). The van der Waals surface area contributed by atoms with E-state index in [-0.39, 0.29) is 0 Å². The van der Waals surface area contributed by atoms with Crippen LogP contribution >= 0.6 is 23.1 Å². The highest BCUT2D eigenvalue weighted by Gasteiger charge is 2.29. The number of hydrogen-bond donors (Lipinski definition) is 1. The van der Waals surface area contributed by atoms with Gasteiger partial charge >= 0.3 is 0 Å². The minimum atomic E-state index is 0.482. The summed E-state index contributed by atoms with van der Waals surface area (Å²) in [6, 6.07) is 1.94. The highest BCUT2D eigenvalue weighted by molar-refractivity contribution is 7.98. The predicted octanol–water partition coefficient (Wildman–Crippen LogP) is 2.83. The molecule has 0 amide bonds. The number of aromatic nitrogens is 4. The van der Waals surface area contributed by atoms with Crippen molar-refractivity contribution in [1.29, 1.82) is 0 Å². The third-order valence-corrected chi connectivity index (χ3v) is 4.72. The average Bonchev–Trinajstić information content (AvgIpc) is 3.00. The molecule has 20 heavy (non-hydrogen) atoms. The van der Waals surface area contributed by atoms with Crippen molar-refractivity contribution in [1.82, 2.24) is 20.1 Å². The van der Waals surface area contributed by atoms with Crippen LogP contribution in [0.4, 0.5) is 5.82 Å². The maximum Gasteiger partial charge on any atom is 0.229 e. The maximum atomic E-state index is 5.91. The minimum absolute atomic E-state index is 0.482. The zero-order valence-corrected chi connectivity index (χ0v) is 12.1. The molecule has 0 aliphatic heterocycles. The second-order valence-electron chi connectivity index (χ2n) is 4.64. The van der Waals surface area contributed by atoms with Crippen molar-refractivity contribution in [2.24, 2.45) is 0 Å². The van der Waals surface area contributed by atoms with E-state index in [0.717, 1.165) is 28.9 Å². The van der Waals surface area contributed by atoms with Crippen LogP contribution in [-0.4, -0.2) is 20.1 Å². The van der Waals surface area contributed by atoms with Crippen LogP contribution in [0.15, 0.2) is 21.1 Å². The molecule has 3 heterocycles. The van der Waals surface area contributed by atoms with E-state index >= 15 is 0 Å². The Kier molecular flexibility index (Phi) is 2.85. The van der Waals surface area contributed by atoms with Crippen LogP contribution in [0.25, 0.3) is 10.2 Å². The summed E-state index contributed by atoms with van der Waals surface area (Å²) < 4.78 is 5.22. The average molecular weight is 305 g/mol. The Hall–Kier alpha value is -1.67. The highest BCUT2D eigenvalue weighted by Crippen LogP contribution is 2.39. The first-order valence-electron chi connectivity index (χ1n) is 6.25. The quantitative estimate of drug-likeness (QED) is 0.585. The van der Waals surface area contributed by atoms with Crippen LogP contribution < -0.4 is 5.73 Å². The lowest BCUT2D eigenvalue weighted by atomic mass is 10.4. The normalized spacial score (nSPS) is 15.0. The summed E-state index contributed by atoms with van der Waals surface area (Å²) in [5.74, 6) is 3.04. The molecule has 1 aliphatic rings. The van der Waals surface area contributed by atoms with E-state index < -0.39 is 0 Å². The van der Waals surface area contributed by atoms with E-state index in [1.54, 1.807) is 11.3 Å². The fraction of sp³-hybridized carbons (Fsp3) is 0.333. The molecule has 0 saturated heterocycles. The standard InChI is InChI=1S/C12H11N5OS2/c13-9-7-3-4-19-11(7)16-12(15-9)20-5-8-14-10(18-17-8)6-1-2-6/h3-4,6H,1-2,5H2,(H2,13,15,16). The fourth-order valence-corrected chi connectivity index (χ4v) is 3.40. The number of thiophene rings is 1. The van der Waals surface area contributed by atoms with Crippen LogP contribution in [0.2, 0.25) is 0 Å². The van der Waals surface area contributed by atoms with Gasteiger partial charge in [-0.25, -0.2) is 9.97 Å². The van der Waals surface area contributed by atoms with E-state index in [1.807, 2.05) is 11.4 Å². The fourth-order valence-electron chi connectivity index (χ4n) is 1.87. The Balaban J connectivity index is 1.51. The highest BCUT2D eigenvalue weighted by atomic mass is 32.2. The Morgan fingerprint density at radius 1 is 1.35 bits per heavy atom. The molecule has 0 unspecified atom stereocenters. The number of fused-ring (bicyclic) bond motifs is 1. The first-order chi connectivity index (χ1) is 9.79. The molecule has 3 aromatic rings. The third kappa shape index (κ3) is 2.25. The summed E-state index contributed by atoms with van der Waals surface area (Å²) in [6.07, 6.45) is 2.31. The van der Waals surface area contributed by atoms with Crippen molar-refractivity contribution in [3.8, 4) is 0 Å². The van der Waals surface area contributed by atoms with Crippen LogP contribution in [0.1, 0.15) is 30.5 Å². The van der Waals surface area contributed by atoms with Crippen LogP contribution in [0.3, 0.4) is 0 Å². The topological polar surface area (TPSA) is 90.7 Å². The molecule has 3 aromatic heterocycles. The second-order valence-corrected chi connectivity index (χ2v) is 6.48. The summed E-state index contributed by atoms with van der Waals surface area (Å²) in [4.78, 5) is 14.1. The summed E-state index contributed by atoms with van der Waals surface area (Å²) in [6.45, 7) is 0. The van der Waals surface area contributed by atoms with Crippen molar-refractivity contribution >= 4 is 39.1 Å². The molecule has 102 valence electrons. The van der Waals surface area contributed by atoms with Gasteiger partial charge in [-0.1, -0.05) is 16.9 Å². The second kappa shape index (κ2) is 4.71. The number of hydrogen-bond acceptors (Lipinski definition) is 8. The number of nitrogen functional groups attached to an aromatic ring is 1. The Bertz CT molecular complexity index is 764. The molecule has 0 radical (unpaired) electrons. The lowest BCUT2D eigenvalue weighted by Gasteiger charge is -2.00. The van der Waals surface area contributed by atoms with E-state index in [0.29, 0.717) is 28.5 Å². The molecular weight excluding hydrogens is 294 g/mol. The van der Waals surface area contributed by atoms with Crippen LogP contribution in [0, 0.1) is 0 Å². The largest absolute Gasteiger partial charge is 0.383 e. The van der Waals surface area contributed by atoms with Gasteiger partial charge in [0.15, 0.2) is 11.0 Å². The SMILES string of the molecule is Nc1nc(SCc2noc(C3CC3)n2)nc2sccc12. The summed E-state index contributed by atoms with van der Waals surface area (Å²) in [5.41, 5.74) is 5.91. The van der Waals surface area contributed by atoms with E-state index in [2.05, 4.69) is 20.1 Å². The van der Waals surface area contributed by atoms with Crippen LogP contribution in [0.5, 0.6) is 0 Å². The number of anilines is 1. The van der Waals surface area contributed by atoms with Crippen molar-refractivity contribution in [3.05, 3.63) is 23.2 Å². The smallest absolute Gasteiger partial charge is 0.229 e. The van der Waals surface area contributed by atoms with Crippen molar-refractivity contribution in [2.45, 2.75) is 29.7 Å². The predicted molar refractivity (Wildman–Crippen MR) is 77.7 cm³/mol. The Morgan fingerprint density at radius 3 is 3.10 bits per heavy atom. The molecule has 1 aliphatic carbocycles. The first kappa shape index (κ1) is 12.1. The number of nitrogens with two attached hydrogens (primary N) is 1. The molecule has 6 nitrogen and oxygen atoms in total. The molecular formula is C12H11N5OS2. The van der Waals surface area contributed by atoms with Crippen molar-refractivity contribution in [2.75, 3.05) is 5.73 Å². The van der Waals surface area contributed by atoms with Gasteiger partial charge < -0.3 is 10.3 Å². The van der Waals surface area contributed by atoms with Gasteiger partial charge in [-0.05, 0) is 24.3 Å². The maximum absolute atomic E-state index is 5.91. The number of thioether (sulfide) groups is 1. The van der Waals surface area contributed by atoms with Gasteiger partial charge in [-0.3, -0.25) is 0 Å². The zero-order chi connectivity index (χ0) is 13.5. The molecule has 8 heteroatoms. The van der Waals surface area contributed by atoms with Gasteiger partial charge in [0.1, 0.15) is 10.6 Å². The minimum Gasteiger partial charge on any atom is -0.383 e. The van der Waals surface area contributed by atoms with E-state index in [9.17, 15) is 0 Å². The van der Waals surface area contributed by atoms with Crippen LogP contribution in [-0.2, 0) is 5.75 Å². The van der Waals surface area contributed by atoms with Gasteiger partial charge in [-0.2, -0.15) is 4.98 Å².